The molecule has 0 saturated carbocycles. The number of aromatic nitrogens is 6. The minimum atomic E-state index is -1.43. The van der Waals surface area contributed by atoms with Gasteiger partial charge < -0.3 is 18.9 Å². The van der Waals surface area contributed by atoms with E-state index in [9.17, 15) is 19.2 Å². The molecule has 5 aromatic rings. The summed E-state index contributed by atoms with van der Waals surface area (Å²) in [5.74, 6) is -2.13. The lowest BCUT2D eigenvalue weighted by Crippen LogP contribution is -2.48. The normalized spacial score (nSPS) is 14.0. The zero-order chi connectivity index (χ0) is 34.7. The third-order valence-electron chi connectivity index (χ3n) is 7.47. The minimum absolute atomic E-state index is 0.248. The van der Waals surface area contributed by atoms with Crippen molar-refractivity contribution in [3.8, 4) is 16.9 Å². The fraction of sp³-hybridized carbons (Fsp3) is 0.312. The van der Waals surface area contributed by atoms with Crippen molar-refractivity contribution in [2.45, 2.75) is 58.8 Å². The lowest BCUT2D eigenvalue weighted by atomic mass is 9.89. The first-order chi connectivity index (χ1) is 23.6. The van der Waals surface area contributed by atoms with Crippen LogP contribution < -0.4 is 5.43 Å². The van der Waals surface area contributed by atoms with Gasteiger partial charge in [-0.15, -0.1) is 11.3 Å². The summed E-state index contributed by atoms with van der Waals surface area (Å²) >= 11 is 1.64. The molecule has 17 heteroatoms. The van der Waals surface area contributed by atoms with Crippen LogP contribution in [0.1, 0.15) is 38.1 Å². The molecule has 1 aliphatic rings. The summed E-state index contributed by atoms with van der Waals surface area (Å²) in [6, 6.07) is 8.31. The van der Waals surface area contributed by atoms with Crippen LogP contribution in [-0.2, 0) is 51.0 Å². The number of ether oxygens (including phenoxy) is 4. The molecule has 0 aliphatic heterocycles. The van der Waals surface area contributed by atoms with Crippen molar-refractivity contribution in [1.29, 1.82) is 0 Å². The number of hydrogen-bond donors (Lipinski definition) is 1. The van der Waals surface area contributed by atoms with Crippen molar-refractivity contribution >= 4 is 68.5 Å². The van der Waals surface area contributed by atoms with E-state index in [0.717, 1.165) is 68.1 Å². The Morgan fingerprint density at radius 2 is 1.69 bits per heavy atom. The van der Waals surface area contributed by atoms with Crippen LogP contribution in [-0.4, -0.2) is 84.7 Å². The molecular weight excluding hydrogens is 656 g/mol. The van der Waals surface area contributed by atoms with E-state index in [1.807, 2.05) is 12.1 Å². The molecule has 4 heterocycles. The predicted molar refractivity (Wildman–Crippen MR) is 176 cm³/mol. The number of nitrogens with one attached hydrogen (secondary N) is 1. The van der Waals surface area contributed by atoms with Gasteiger partial charge in [-0.1, -0.05) is 24.3 Å². The lowest BCUT2D eigenvalue weighted by molar-refractivity contribution is -0.183. The van der Waals surface area contributed by atoms with Crippen molar-refractivity contribution in [2.24, 2.45) is 5.10 Å². The van der Waals surface area contributed by atoms with E-state index in [2.05, 4.69) is 47.7 Å². The zero-order valence-electron chi connectivity index (χ0n) is 26.8. The Balaban J connectivity index is 1.34. The molecule has 0 fully saturated rings. The highest BCUT2D eigenvalue weighted by Gasteiger charge is 2.37. The van der Waals surface area contributed by atoms with E-state index in [1.54, 1.807) is 22.2 Å². The Morgan fingerprint density at radius 3 is 2.45 bits per heavy atom. The molecule has 1 N–H and O–H groups in total. The first-order valence-corrected chi connectivity index (χ1v) is 15.9. The Bertz CT molecular complexity index is 2110. The van der Waals surface area contributed by atoms with Crippen LogP contribution in [0, 0.1) is 0 Å². The molecule has 49 heavy (non-hydrogen) atoms. The maximum Gasteiger partial charge on any atom is 0.303 e. The van der Waals surface area contributed by atoms with Gasteiger partial charge in [0.15, 0.2) is 35.6 Å². The number of esters is 4. The summed E-state index contributed by atoms with van der Waals surface area (Å²) in [4.78, 5) is 67.5. The average Bonchev–Trinajstić information content (AvgIpc) is 3.67. The van der Waals surface area contributed by atoms with E-state index >= 15 is 0 Å². The number of hydrazone groups is 1. The van der Waals surface area contributed by atoms with Crippen LogP contribution in [0.2, 0.25) is 0 Å². The fourth-order valence-electron chi connectivity index (χ4n) is 5.60. The molecular formula is C32H30N8O8S. The van der Waals surface area contributed by atoms with Gasteiger partial charge in [0.2, 0.25) is 0 Å². The standard InChI is InChI=1S/C32H30N8O8S/c1-16(41)45-13-24(47-18(3)43)28(48-19(4)44)23(46-17(2)42)12-37-39-29-22-11-38-40(30(22)34-14-33-29)31-27-26-21-8-6-5-7-20(21)9-10-25(26)49-32(27)36-15-35-31/h5-8,11-12,14-15,23-24,28H,9-10,13H2,1-4H3,(H,33,34,39)/b37-12+/t23-,24+,28-/m0/s1. The second kappa shape index (κ2) is 14.1. The highest BCUT2D eigenvalue weighted by molar-refractivity contribution is 7.19. The summed E-state index contributed by atoms with van der Waals surface area (Å²) in [6.45, 7) is 4.07. The monoisotopic (exact) mass is 686 g/mol. The molecule has 6 rings (SSSR count). The van der Waals surface area contributed by atoms with Crippen LogP contribution >= 0.6 is 11.3 Å². The van der Waals surface area contributed by atoms with Gasteiger partial charge in [0.05, 0.1) is 23.2 Å². The zero-order valence-corrected chi connectivity index (χ0v) is 27.6. The summed E-state index contributed by atoms with van der Waals surface area (Å²) < 4.78 is 22.6. The second-order valence-electron chi connectivity index (χ2n) is 10.9. The number of aryl methyl sites for hydroxylation is 2. The molecule has 16 nitrogen and oxygen atoms in total. The highest BCUT2D eigenvalue weighted by atomic mass is 32.1. The van der Waals surface area contributed by atoms with Gasteiger partial charge in [-0.3, -0.25) is 24.6 Å². The van der Waals surface area contributed by atoms with E-state index < -0.39 is 48.8 Å². The quantitative estimate of drug-likeness (QED) is 0.0918. The first kappa shape index (κ1) is 33.1. The summed E-state index contributed by atoms with van der Waals surface area (Å²) in [5, 5.41) is 10.2. The van der Waals surface area contributed by atoms with Gasteiger partial charge in [0, 0.05) is 38.1 Å². The number of benzene rings is 1. The van der Waals surface area contributed by atoms with Crippen molar-refractivity contribution in [1.82, 2.24) is 29.7 Å². The van der Waals surface area contributed by atoms with Crippen molar-refractivity contribution in [2.75, 3.05) is 12.0 Å². The minimum Gasteiger partial charge on any atom is -0.462 e. The molecule has 1 aliphatic carbocycles. The second-order valence-corrected chi connectivity index (χ2v) is 12.0. The molecule has 3 atom stereocenters. The fourth-order valence-corrected chi connectivity index (χ4v) is 6.75. The van der Waals surface area contributed by atoms with Crippen LogP contribution in [0.15, 0.2) is 48.2 Å². The summed E-state index contributed by atoms with van der Waals surface area (Å²) in [6.07, 6.45) is 3.25. The molecule has 1 aromatic carbocycles. The predicted octanol–water partition coefficient (Wildman–Crippen LogP) is 3.34. The van der Waals surface area contributed by atoms with Crippen LogP contribution in [0.5, 0.6) is 0 Å². The van der Waals surface area contributed by atoms with E-state index in [4.69, 9.17) is 18.9 Å². The average molecular weight is 687 g/mol. The van der Waals surface area contributed by atoms with Crippen LogP contribution in [0.4, 0.5) is 5.82 Å². The van der Waals surface area contributed by atoms with Crippen LogP contribution in [0.25, 0.3) is 38.2 Å². The third kappa shape index (κ3) is 7.06. The SMILES string of the molecule is CC(=O)OC[C@@H](OC(C)=O)[C@@H](OC(C)=O)[C@H](/C=N/Nc1ncnc2c1cnn2-c1ncnc2sc3c(c12)-c1ccccc1CC3)OC(C)=O. The number of thiophene rings is 1. The molecule has 0 amide bonds. The molecule has 0 unspecified atom stereocenters. The Hall–Kier alpha value is -5.84. The topological polar surface area (TPSA) is 199 Å². The highest BCUT2D eigenvalue weighted by Crippen LogP contribution is 2.45. The maximum atomic E-state index is 12.1. The van der Waals surface area contributed by atoms with Crippen molar-refractivity contribution in [3.05, 3.63) is 53.6 Å². The Morgan fingerprint density at radius 1 is 0.939 bits per heavy atom. The number of carbonyl (C=O) groups is 4. The summed E-state index contributed by atoms with van der Waals surface area (Å²) in [5.41, 5.74) is 6.73. The Kier molecular flexibility index (Phi) is 9.52. The van der Waals surface area contributed by atoms with E-state index in [0.29, 0.717) is 16.9 Å². The Labute approximate surface area is 282 Å². The molecule has 0 bridgehead atoms. The van der Waals surface area contributed by atoms with Gasteiger partial charge in [0.25, 0.3) is 0 Å². The lowest BCUT2D eigenvalue weighted by Gasteiger charge is -2.29. The molecule has 0 spiro atoms. The smallest absolute Gasteiger partial charge is 0.303 e. The van der Waals surface area contributed by atoms with Gasteiger partial charge in [0.1, 0.15) is 24.1 Å². The van der Waals surface area contributed by atoms with Gasteiger partial charge in [-0.05, 0) is 24.0 Å². The summed E-state index contributed by atoms with van der Waals surface area (Å²) in [7, 11) is 0. The third-order valence-corrected chi connectivity index (χ3v) is 8.63. The molecule has 0 saturated heterocycles. The number of hydrogen-bond acceptors (Lipinski definition) is 16. The van der Waals surface area contributed by atoms with Gasteiger partial charge >= 0.3 is 23.9 Å². The number of fused-ring (bicyclic) bond motifs is 6. The van der Waals surface area contributed by atoms with Crippen molar-refractivity contribution in [3.63, 3.8) is 0 Å². The van der Waals surface area contributed by atoms with Crippen LogP contribution in [0.3, 0.4) is 0 Å². The van der Waals surface area contributed by atoms with Gasteiger partial charge in [-0.2, -0.15) is 14.9 Å². The number of nitrogens with zero attached hydrogens (tertiary/aromatic N) is 7. The molecule has 4 aromatic heterocycles. The van der Waals surface area contributed by atoms with Crippen molar-refractivity contribution < 1.29 is 38.1 Å². The largest absolute Gasteiger partial charge is 0.462 e. The number of anilines is 1. The molecule has 0 radical (unpaired) electrons. The molecule has 252 valence electrons. The van der Waals surface area contributed by atoms with E-state index in [1.165, 1.54) is 23.1 Å². The number of carbonyl (C=O) groups excluding carboxylic acids is 4. The van der Waals surface area contributed by atoms with E-state index in [-0.39, 0.29) is 5.82 Å². The number of rotatable bonds is 11. The maximum absolute atomic E-state index is 12.1. The first-order valence-electron chi connectivity index (χ1n) is 15.1. The van der Waals surface area contributed by atoms with Gasteiger partial charge in [-0.25, -0.2) is 19.9 Å².